The maximum Gasteiger partial charge on any atom is 0.341 e. The Kier molecular flexibility index (Phi) is 4.67. The Morgan fingerprint density at radius 3 is 2.48 bits per heavy atom. The molecule has 0 saturated heterocycles. The predicted octanol–water partition coefficient (Wildman–Crippen LogP) is 2.46. The number of hydrogen-bond acceptors (Lipinski definition) is 3. The molecular formula is C15H20N2O4. The van der Waals surface area contributed by atoms with Crippen molar-refractivity contribution in [3.05, 3.63) is 24.3 Å². The number of rotatable bonds is 7. The third kappa shape index (κ3) is 4.66. The van der Waals surface area contributed by atoms with E-state index in [2.05, 4.69) is 17.6 Å². The number of anilines is 1. The second-order valence-corrected chi connectivity index (χ2v) is 5.37. The van der Waals surface area contributed by atoms with E-state index in [9.17, 15) is 9.59 Å². The van der Waals surface area contributed by atoms with Gasteiger partial charge >= 0.3 is 12.0 Å². The molecule has 0 bridgehead atoms. The van der Waals surface area contributed by atoms with Gasteiger partial charge in [0.15, 0.2) is 6.61 Å². The fourth-order valence-electron chi connectivity index (χ4n) is 2.05. The molecule has 1 saturated carbocycles. The maximum atomic E-state index is 11.8. The van der Waals surface area contributed by atoms with Crippen LogP contribution in [0.5, 0.6) is 5.75 Å². The van der Waals surface area contributed by atoms with Crippen LogP contribution in [0.2, 0.25) is 0 Å². The summed E-state index contributed by atoms with van der Waals surface area (Å²) in [4.78, 5) is 22.1. The first-order valence-corrected chi connectivity index (χ1v) is 7.02. The molecule has 2 amide bonds. The van der Waals surface area contributed by atoms with Crippen LogP contribution in [-0.4, -0.2) is 30.3 Å². The van der Waals surface area contributed by atoms with E-state index in [0.717, 1.165) is 6.42 Å². The molecule has 0 heterocycles. The highest BCUT2D eigenvalue weighted by molar-refractivity contribution is 5.89. The number of urea groups is 1. The molecule has 0 unspecified atom stereocenters. The number of carboxylic acid groups (broad SMARTS) is 1. The summed E-state index contributed by atoms with van der Waals surface area (Å²) in [5.74, 6) is -0.576. The van der Waals surface area contributed by atoms with E-state index in [4.69, 9.17) is 9.84 Å². The van der Waals surface area contributed by atoms with Crippen LogP contribution >= 0.6 is 0 Å². The quantitative estimate of drug-likeness (QED) is 0.720. The van der Waals surface area contributed by atoms with Gasteiger partial charge in [-0.15, -0.1) is 0 Å². The Balaban J connectivity index is 1.77. The molecule has 2 rings (SSSR count). The molecule has 1 aromatic rings. The van der Waals surface area contributed by atoms with Crippen molar-refractivity contribution in [2.75, 3.05) is 18.5 Å². The first kappa shape index (κ1) is 15.2. The van der Waals surface area contributed by atoms with E-state index in [1.54, 1.807) is 24.3 Å². The Hall–Kier alpha value is -2.24. The second kappa shape index (κ2) is 6.47. The van der Waals surface area contributed by atoms with Crippen molar-refractivity contribution in [2.45, 2.75) is 26.2 Å². The average Bonchev–Trinajstić information content (AvgIpc) is 3.25. The van der Waals surface area contributed by atoms with Gasteiger partial charge in [-0.25, -0.2) is 9.59 Å². The summed E-state index contributed by atoms with van der Waals surface area (Å²) in [6, 6.07) is 6.35. The van der Waals surface area contributed by atoms with Gasteiger partial charge < -0.3 is 20.5 Å². The summed E-state index contributed by atoms with van der Waals surface area (Å²) in [6.07, 6.45) is 3.45. The fourth-order valence-corrected chi connectivity index (χ4v) is 2.05. The van der Waals surface area contributed by atoms with E-state index in [1.807, 2.05) is 0 Å². The minimum absolute atomic E-state index is 0.228. The number of benzene rings is 1. The van der Waals surface area contributed by atoms with Gasteiger partial charge in [0.25, 0.3) is 0 Å². The van der Waals surface area contributed by atoms with Crippen molar-refractivity contribution in [2.24, 2.45) is 5.41 Å². The molecule has 1 aliphatic carbocycles. The summed E-state index contributed by atoms with van der Waals surface area (Å²) >= 11 is 0. The molecule has 0 aromatic heterocycles. The van der Waals surface area contributed by atoms with Crippen molar-refractivity contribution in [3.63, 3.8) is 0 Å². The molecule has 1 aliphatic rings. The molecule has 6 heteroatoms. The number of carboxylic acids is 1. The third-order valence-electron chi connectivity index (χ3n) is 3.81. The lowest BCUT2D eigenvalue weighted by Gasteiger charge is -2.14. The van der Waals surface area contributed by atoms with Crippen LogP contribution in [0.1, 0.15) is 26.2 Å². The Morgan fingerprint density at radius 2 is 1.95 bits per heavy atom. The number of amides is 2. The summed E-state index contributed by atoms with van der Waals surface area (Å²) < 4.78 is 5.01. The zero-order valence-electron chi connectivity index (χ0n) is 12.0. The largest absolute Gasteiger partial charge is 0.482 e. The van der Waals surface area contributed by atoms with Gasteiger partial charge in [0.2, 0.25) is 0 Å². The van der Waals surface area contributed by atoms with Crippen LogP contribution in [0.4, 0.5) is 10.5 Å². The molecule has 1 fully saturated rings. The maximum absolute atomic E-state index is 11.8. The highest BCUT2D eigenvalue weighted by atomic mass is 16.5. The molecule has 0 radical (unpaired) electrons. The normalized spacial score (nSPS) is 15.1. The topological polar surface area (TPSA) is 87.7 Å². The Labute approximate surface area is 123 Å². The van der Waals surface area contributed by atoms with E-state index in [0.29, 0.717) is 23.4 Å². The van der Waals surface area contributed by atoms with Gasteiger partial charge in [-0.3, -0.25) is 0 Å². The van der Waals surface area contributed by atoms with Crippen LogP contribution in [0.25, 0.3) is 0 Å². The molecule has 0 atom stereocenters. The van der Waals surface area contributed by atoms with Crippen LogP contribution in [0, 0.1) is 5.41 Å². The number of nitrogens with one attached hydrogen (secondary N) is 2. The fraction of sp³-hybridized carbons (Fsp3) is 0.467. The van der Waals surface area contributed by atoms with Crippen LogP contribution < -0.4 is 15.4 Å². The average molecular weight is 292 g/mol. The van der Waals surface area contributed by atoms with E-state index < -0.39 is 5.97 Å². The zero-order chi connectivity index (χ0) is 15.3. The number of hydrogen-bond donors (Lipinski definition) is 3. The van der Waals surface area contributed by atoms with E-state index in [1.165, 1.54) is 12.8 Å². The lowest BCUT2D eigenvalue weighted by molar-refractivity contribution is -0.139. The molecule has 1 aromatic carbocycles. The number of carbonyl (C=O) groups excluding carboxylic acids is 1. The van der Waals surface area contributed by atoms with Gasteiger partial charge in [-0.2, -0.15) is 0 Å². The van der Waals surface area contributed by atoms with E-state index >= 15 is 0 Å². The third-order valence-corrected chi connectivity index (χ3v) is 3.81. The summed E-state index contributed by atoms with van der Waals surface area (Å²) in [5.41, 5.74) is 0.947. The van der Waals surface area contributed by atoms with Crippen LogP contribution in [-0.2, 0) is 4.79 Å². The van der Waals surface area contributed by atoms with Crippen molar-refractivity contribution in [3.8, 4) is 5.75 Å². The molecule has 0 spiro atoms. The number of carbonyl (C=O) groups is 2. The first-order valence-electron chi connectivity index (χ1n) is 7.02. The van der Waals surface area contributed by atoms with E-state index in [-0.39, 0.29) is 12.6 Å². The second-order valence-electron chi connectivity index (χ2n) is 5.37. The van der Waals surface area contributed by atoms with Gasteiger partial charge in [-0.1, -0.05) is 6.92 Å². The van der Waals surface area contributed by atoms with Crippen molar-refractivity contribution in [1.29, 1.82) is 0 Å². The van der Waals surface area contributed by atoms with Gasteiger partial charge in [0.05, 0.1) is 0 Å². The molecule has 21 heavy (non-hydrogen) atoms. The highest BCUT2D eigenvalue weighted by Gasteiger charge is 2.40. The number of aliphatic carboxylic acids is 1. The Morgan fingerprint density at radius 1 is 1.29 bits per heavy atom. The molecule has 114 valence electrons. The standard InChI is InChI=1S/C15H20N2O4/c1-2-15(7-8-15)10-16-14(20)17-11-3-5-12(6-4-11)21-9-13(18)19/h3-6H,2,7-10H2,1H3,(H,18,19)(H2,16,17,20). The predicted molar refractivity (Wildman–Crippen MR) is 78.6 cm³/mol. The van der Waals surface area contributed by atoms with Gasteiger partial charge in [0, 0.05) is 12.2 Å². The minimum atomic E-state index is -1.03. The lowest BCUT2D eigenvalue weighted by Crippen LogP contribution is -2.33. The smallest absolute Gasteiger partial charge is 0.341 e. The Bertz CT molecular complexity index is 509. The molecule has 6 nitrogen and oxygen atoms in total. The molecule has 0 aliphatic heterocycles. The minimum Gasteiger partial charge on any atom is -0.482 e. The lowest BCUT2D eigenvalue weighted by atomic mass is 10.0. The van der Waals surface area contributed by atoms with Crippen molar-refractivity contribution < 1.29 is 19.4 Å². The summed E-state index contributed by atoms with van der Waals surface area (Å²) in [5, 5.41) is 14.1. The van der Waals surface area contributed by atoms with Crippen molar-refractivity contribution >= 4 is 17.7 Å². The van der Waals surface area contributed by atoms with Crippen LogP contribution in [0.3, 0.4) is 0 Å². The summed E-state index contributed by atoms with van der Waals surface area (Å²) in [6.45, 7) is 2.46. The van der Waals surface area contributed by atoms with Crippen molar-refractivity contribution in [1.82, 2.24) is 5.32 Å². The molecular weight excluding hydrogens is 272 g/mol. The zero-order valence-corrected chi connectivity index (χ0v) is 12.0. The highest BCUT2D eigenvalue weighted by Crippen LogP contribution is 2.47. The van der Waals surface area contributed by atoms with Gasteiger partial charge in [-0.05, 0) is 48.9 Å². The SMILES string of the molecule is CCC1(CNC(=O)Nc2ccc(OCC(=O)O)cc2)CC1. The number of ether oxygens (including phenoxy) is 1. The first-order chi connectivity index (χ1) is 10.0. The monoisotopic (exact) mass is 292 g/mol. The van der Waals surface area contributed by atoms with Crippen LogP contribution in [0.15, 0.2) is 24.3 Å². The molecule has 3 N–H and O–H groups in total. The van der Waals surface area contributed by atoms with Gasteiger partial charge in [0.1, 0.15) is 5.75 Å². The summed E-state index contributed by atoms with van der Waals surface area (Å²) in [7, 11) is 0.